The van der Waals surface area contributed by atoms with E-state index in [0.717, 1.165) is 55.0 Å². The van der Waals surface area contributed by atoms with Crippen LogP contribution in [0.25, 0.3) is 76.5 Å². The predicted octanol–water partition coefficient (Wildman–Crippen LogP) is 10.2. The first-order valence-electron chi connectivity index (χ1n) is 15.0. The zero-order valence-corrected chi connectivity index (χ0v) is 25.4. The molecule has 6 aromatic rings. The molecule has 0 heterocycles. The van der Waals surface area contributed by atoms with Crippen molar-refractivity contribution in [3.63, 3.8) is 0 Å². The molecule has 0 bridgehead atoms. The van der Waals surface area contributed by atoms with Gasteiger partial charge in [-0.05, 0) is 128 Å². The van der Waals surface area contributed by atoms with Crippen LogP contribution in [0.4, 0.5) is 0 Å². The third-order valence-electron chi connectivity index (χ3n) is 9.22. The Kier molecular flexibility index (Phi) is 6.42. The third-order valence-corrected chi connectivity index (χ3v) is 9.22. The van der Waals surface area contributed by atoms with Crippen molar-refractivity contribution in [2.75, 3.05) is 6.54 Å². The number of nitrogens with one attached hydrogen (secondary N) is 3. The number of allylic oxidation sites excluding steroid dienone is 3. The molecule has 214 valence electrons. The van der Waals surface area contributed by atoms with E-state index >= 15 is 0 Å². The number of hydrogen-bond acceptors (Lipinski definition) is 4. The molecule has 6 aromatic carbocycles. The van der Waals surface area contributed by atoms with Crippen LogP contribution < -0.4 is 5.73 Å². The minimum Gasteiger partial charge on any atom is -0.327 e. The van der Waals surface area contributed by atoms with E-state index in [0.29, 0.717) is 18.0 Å². The molecular weight excluding hydrogens is 536 g/mol. The van der Waals surface area contributed by atoms with Crippen molar-refractivity contribution in [3.8, 4) is 22.3 Å². The van der Waals surface area contributed by atoms with Gasteiger partial charge >= 0.3 is 0 Å². The van der Waals surface area contributed by atoms with Crippen LogP contribution in [0.1, 0.15) is 38.8 Å². The van der Waals surface area contributed by atoms with Crippen LogP contribution in [0.2, 0.25) is 0 Å². The molecule has 0 unspecified atom stereocenters. The molecular formula is C40H34N4. The highest BCUT2D eigenvalue weighted by Crippen LogP contribution is 2.53. The van der Waals surface area contributed by atoms with Gasteiger partial charge in [0.25, 0.3) is 0 Å². The Bertz CT molecular complexity index is 2350. The van der Waals surface area contributed by atoms with Crippen molar-refractivity contribution < 1.29 is 0 Å². The molecule has 44 heavy (non-hydrogen) atoms. The molecule has 0 aromatic heterocycles. The minimum absolute atomic E-state index is 0.350. The maximum absolute atomic E-state index is 8.92. The summed E-state index contributed by atoms with van der Waals surface area (Å²) in [4.78, 5) is 0. The van der Waals surface area contributed by atoms with Crippen molar-refractivity contribution in [2.24, 2.45) is 5.73 Å². The van der Waals surface area contributed by atoms with Gasteiger partial charge in [-0.15, -0.1) is 0 Å². The van der Waals surface area contributed by atoms with E-state index in [2.05, 4.69) is 72.8 Å². The van der Waals surface area contributed by atoms with Gasteiger partial charge in [0, 0.05) is 35.3 Å². The molecule has 0 radical (unpaired) electrons. The SMILES string of the molecule is CC(=N)/C(=C(/C)C=N)c1c2ccccc2c(/C(C(C)=N)=C(\C)CN)c2cc3c(cc12)-c1cc2ccccc2c2cccc-3c12. The van der Waals surface area contributed by atoms with Crippen molar-refractivity contribution in [1.82, 2.24) is 0 Å². The summed E-state index contributed by atoms with van der Waals surface area (Å²) in [6.07, 6.45) is 1.35. The van der Waals surface area contributed by atoms with Crippen LogP contribution in [0, 0.1) is 16.2 Å². The van der Waals surface area contributed by atoms with E-state index in [1.54, 1.807) is 6.92 Å². The Labute approximate surface area is 257 Å². The van der Waals surface area contributed by atoms with Crippen molar-refractivity contribution in [1.29, 1.82) is 16.2 Å². The highest BCUT2D eigenvalue weighted by Gasteiger charge is 2.28. The van der Waals surface area contributed by atoms with Gasteiger partial charge < -0.3 is 22.0 Å². The van der Waals surface area contributed by atoms with Gasteiger partial charge in [-0.25, -0.2) is 0 Å². The fourth-order valence-electron chi connectivity index (χ4n) is 7.38. The smallest absolute Gasteiger partial charge is 0.0364 e. The maximum Gasteiger partial charge on any atom is 0.0364 e. The topological polar surface area (TPSA) is 97.6 Å². The average molecular weight is 571 g/mol. The van der Waals surface area contributed by atoms with Gasteiger partial charge in [-0.3, -0.25) is 0 Å². The maximum atomic E-state index is 8.92. The molecule has 1 aliphatic carbocycles. The summed E-state index contributed by atoms with van der Waals surface area (Å²) in [7, 11) is 0. The standard InChI is InChI=1S/C40H34N4/c1-21(19-41)36(23(3)43)39-28-12-7-8-13-29(28)40(37(24(4)44)22(2)20-42)35-18-32-31(17-34(35)39)30-15-9-14-27-26-11-6-5-10-25(26)16-33(32)38(27)30/h5-18,20,42-44H,19,41H2,1-4H3/b36-21+,37-22+,42-20?,43-23?,44-24?. The molecule has 5 N–H and O–H groups in total. The second-order valence-corrected chi connectivity index (χ2v) is 11.9. The van der Waals surface area contributed by atoms with Gasteiger partial charge in [-0.2, -0.15) is 0 Å². The molecule has 1 aliphatic rings. The van der Waals surface area contributed by atoms with Crippen LogP contribution in [0.3, 0.4) is 0 Å². The minimum atomic E-state index is 0.350. The monoisotopic (exact) mass is 570 g/mol. The number of benzene rings is 6. The van der Waals surface area contributed by atoms with Crippen molar-refractivity contribution >= 4 is 71.9 Å². The zero-order chi connectivity index (χ0) is 30.9. The first kappa shape index (κ1) is 27.6. The quantitative estimate of drug-likeness (QED) is 0.0893. The van der Waals surface area contributed by atoms with Gasteiger partial charge in [0.1, 0.15) is 0 Å². The predicted molar refractivity (Wildman–Crippen MR) is 191 cm³/mol. The molecule has 0 saturated heterocycles. The lowest BCUT2D eigenvalue weighted by Gasteiger charge is -2.23. The van der Waals surface area contributed by atoms with Crippen LogP contribution in [-0.2, 0) is 0 Å². The Hall–Kier alpha value is -5.19. The highest BCUT2D eigenvalue weighted by atomic mass is 14.5. The van der Waals surface area contributed by atoms with Crippen LogP contribution in [-0.4, -0.2) is 24.2 Å². The van der Waals surface area contributed by atoms with Crippen LogP contribution in [0.15, 0.2) is 96.1 Å². The molecule has 0 saturated carbocycles. The summed E-state index contributed by atoms with van der Waals surface area (Å²) < 4.78 is 0. The van der Waals surface area contributed by atoms with Gasteiger partial charge in [0.05, 0.1) is 0 Å². The molecule has 4 nitrogen and oxygen atoms in total. The Morgan fingerprint density at radius 3 is 1.73 bits per heavy atom. The largest absolute Gasteiger partial charge is 0.327 e. The molecule has 0 spiro atoms. The summed E-state index contributed by atoms with van der Waals surface area (Å²) in [6, 6.07) is 30.4. The second kappa shape index (κ2) is 10.2. The molecule has 0 amide bonds. The summed E-state index contributed by atoms with van der Waals surface area (Å²) in [5.41, 5.74) is 17.2. The third kappa shape index (κ3) is 3.84. The van der Waals surface area contributed by atoms with Crippen molar-refractivity contribution in [2.45, 2.75) is 27.7 Å². The average Bonchev–Trinajstić information content (AvgIpc) is 3.34. The lowest BCUT2D eigenvalue weighted by Crippen LogP contribution is -2.09. The number of rotatable bonds is 6. The summed E-state index contributed by atoms with van der Waals surface area (Å²) in [5, 5.41) is 35.0. The Morgan fingerprint density at radius 2 is 1.14 bits per heavy atom. The Balaban J connectivity index is 1.77. The first-order chi connectivity index (χ1) is 21.3. The molecule has 7 rings (SSSR count). The second-order valence-electron chi connectivity index (χ2n) is 11.9. The van der Waals surface area contributed by atoms with Gasteiger partial charge in [0.2, 0.25) is 0 Å². The normalized spacial score (nSPS) is 13.3. The van der Waals surface area contributed by atoms with Crippen LogP contribution in [0.5, 0.6) is 0 Å². The number of fused-ring (bicyclic) bond motifs is 7. The van der Waals surface area contributed by atoms with Crippen molar-refractivity contribution in [3.05, 3.63) is 107 Å². The highest BCUT2D eigenvalue weighted by molar-refractivity contribution is 6.36. The number of nitrogens with two attached hydrogens (primary N) is 1. The van der Waals surface area contributed by atoms with Crippen LogP contribution >= 0.6 is 0 Å². The summed E-state index contributed by atoms with van der Waals surface area (Å²) in [6.45, 7) is 7.92. The van der Waals surface area contributed by atoms with Gasteiger partial charge in [0.15, 0.2) is 0 Å². The number of hydrogen-bond donors (Lipinski definition) is 4. The summed E-state index contributed by atoms with van der Waals surface area (Å²) >= 11 is 0. The van der Waals surface area contributed by atoms with E-state index < -0.39 is 0 Å². The summed E-state index contributed by atoms with van der Waals surface area (Å²) in [5.74, 6) is 0. The van der Waals surface area contributed by atoms with E-state index in [4.69, 9.17) is 22.0 Å². The molecule has 0 fully saturated rings. The fourth-order valence-corrected chi connectivity index (χ4v) is 7.38. The van der Waals surface area contributed by atoms with E-state index in [1.807, 2.05) is 32.9 Å². The lowest BCUT2D eigenvalue weighted by molar-refractivity contribution is 1.15. The molecule has 4 heteroatoms. The van der Waals surface area contributed by atoms with E-state index in [9.17, 15) is 0 Å². The molecule has 0 aliphatic heterocycles. The lowest BCUT2D eigenvalue weighted by atomic mass is 9.80. The Morgan fingerprint density at radius 1 is 0.591 bits per heavy atom. The first-order valence-corrected chi connectivity index (χ1v) is 15.0. The molecule has 0 atom stereocenters. The van der Waals surface area contributed by atoms with E-state index in [-0.39, 0.29) is 0 Å². The van der Waals surface area contributed by atoms with Gasteiger partial charge in [-0.1, -0.05) is 72.3 Å². The fraction of sp³-hybridized carbons (Fsp3) is 0.125. The van der Waals surface area contributed by atoms with E-state index in [1.165, 1.54) is 50.0 Å². The zero-order valence-electron chi connectivity index (χ0n) is 25.4.